The molecule has 0 heterocycles. The number of amides is 1. The smallest absolute Gasteiger partial charge is 0.409 e. The number of anilines is 1. The number of nitrogens with one attached hydrogen (secondary N) is 1. The van der Waals surface area contributed by atoms with Gasteiger partial charge in [-0.05, 0) is 12.1 Å². The van der Waals surface area contributed by atoms with Crippen molar-refractivity contribution in [1.29, 1.82) is 0 Å². The maximum atomic E-state index is 13.3. The lowest BCUT2D eigenvalue weighted by Crippen LogP contribution is -2.09. The van der Waals surface area contributed by atoms with Gasteiger partial charge in [-0.15, -0.1) is 0 Å². The minimum Gasteiger partial charge on any atom is -0.465 e. The molecule has 0 saturated heterocycles. The number of rotatable bonds is 2. The quantitative estimate of drug-likeness (QED) is 0.748. The van der Waals surface area contributed by atoms with E-state index in [0.29, 0.717) is 0 Å². The van der Waals surface area contributed by atoms with Crippen molar-refractivity contribution in [2.75, 3.05) is 5.32 Å². The first-order valence-electron chi connectivity index (χ1n) is 3.49. The van der Waals surface area contributed by atoms with Gasteiger partial charge in [0.1, 0.15) is 0 Å². The van der Waals surface area contributed by atoms with E-state index in [4.69, 9.17) is 16.7 Å². The largest absolute Gasteiger partial charge is 0.465 e. The fraction of sp³-hybridized carbons (Fsp3) is 0. The molecule has 74 valence electrons. The first kappa shape index (κ1) is 10.5. The molecular formula is C8H5ClFNO3. The maximum absolute atomic E-state index is 13.3. The Morgan fingerprint density at radius 1 is 1.57 bits per heavy atom. The van der Waals surface area contributed by atoms with E-state index in [1.165, 1.54) is 6.07 Å². The maximum Gasteiger partial charge on any atom is 0.409 e. The van der Waals surface area contributed by atoms with E-state index in [-0.39, 0.29) is 22.6 Å². The zero-order chi connectivity index (χ0) is 10.7. The van der Waals surface area contributed by atoms with Crippen LogP contribution in [0.5, 0.6) is 0 Å². The molecule has 0 aliphatic carbocycles. The fourth-order valence-corrected chi connectivity index (χ4v) is 1.08. The van der Waals surface area contributed by atoms with Gasteiger partial charge in [-0.3, -0.25) is 10.1 Å². The molecule has 0 bridgehead atoms. The van der Waals surface area contributed by atoms with Crippen molar-refractivity contribution < 1.29 is 19.1 Å². The van der Waals surface area contributed by atoms with Crippen LogP contribution < -0.4 is 5.32 Å². The van der Waals surface area contributed by atoms with Gasteiger partial charge < -0.3 is 5.11 Å². The molecule has 0 fully saturated rings. The third-order valence-electron chi connectivity index (χ3n) is 1.49. The summed E-state index contributed by atoms with van der Waals surface area (Å²) in [4.78, 5) is 20.6. The van der Waals surface area contributed by atoms with Crippen LogP contribution in [0.2, 0.25) is 5.02 Å². The van der Waals surface area contributed by atoms with E-state index in [9.17, 15) is 14.0 Å². The summed E-state index contributed by atoms with van der Waals surface area (Å²) in [6.45, 7) is 0. The summed E-state index contributed by atoms with van der Waals surface area (Å²) in [5.41, 5.74) is -0.665. The summed E-state index contributed by atoms with van der Waals surface area (Å²) in [7, 11) is 0. The molecule has 0 spiro atoms. The summed E-state index contributed by atoms with van der Waals surface area (Å²) < 4.78 is 13.3. The van der Waals surface area contributed by atoms with E-state index in [1.54, 1.807) is 5.32 Å². The highest BCUT2D eigenvalue weighted by Crippen LogP contribution is 2.23. The van der Waals surface area contributed by atoms with E-state index in [2.05, 4.69) is 0 Å². The Balaban J connectivity index is 3.20. The van der Waals surface area contributed by atoms with Gasteiger partial charge in [0.2, 0.25) is 0 Å². The van der Waals surface area contributed by atoms with E-state index >= 15 is 0 Å². The van der Waals surface area contributed by atoms with Crippen LogP contribution in [-0.2, 0) is 0 Å². The molecule has 0 aromatic heterocycles. The monoisotopic (exact) mass is 217 g/mol. The summed E-state index contributed by atoms with van der Waals surface area (Å²) in [6, 6.07) is 2.37. The van der Waals surface area contributed by atoms with Crippen LogP contribution in [0, 0.1) is 5.82 Å². The lowest BCUT2D eigenvalue weighted by molar-refractivity contribution is 0.112. The van der Waals surface area contributed by atoms with Crippen LogP contribution in [0.4, 0.5) is 14.9 Å². The van der Waals surface area contributed by atoms with Gasteiger partial charge in [0.05, 0.1) is 16.3 Å². The Bertz CT molecular complexity index is 394. The highest BCUT2D eigenvalue weighted by molar-refractivity contribution is 6.33. The van der Waals surface area contributed by atoms with Gasteiger partial charge in [-0.2, -0.15) is 0 Å². The lowest BCUT2D eigenvalue weighted by atomic mass is 10.2. The summed E-state index contributed by atoms with van der Waals surface area (Å²) in [5.74, 6) is -0.977. The minimum absolute atomic E-state index is 0.0616. The van der Waals surface area contributed by atoms with Crippen molar-refractivity contribution in [1.82, 2.24) is 0 Å². The highest BCUT2D eigenvalue weighted by Gasteiger charge is 2.12. The van der Waals surface area contributed by atoms with Crippen molar-refractivity contribution in [3.63, 3.8) is 0 Å². The first-order chi connectivity index (χ1) is 6.56. The Morgan fingerprint density at radius 2 is 2.21 bits per heavy atom. The number of halogens is 2. The second kappa shape index (κ2) is 4.06. The molecular weight excluding hydrogens is 213 g/mol. The van der Waals surface area contributed by atoms with Gasteiger partial charge in [-0.1, -0.05) is 11.6 Å². The first-order valence-corrected chi connectivity index (χ1v) is 3.87. The normalized spacial score (nSPS) is 9.57. The fourth-order valence-electron chi connectivity index (χ4n) is 0.889. The zero-order valence-electron chi connectivity index (χ0n) is 6.75. The highest BCUT2D eigenvalue weighted by atomic mass is 35.5. The third kappa shape index (κ3) is 2.00. The predicted octanol–water partition coefficient (Wildman–Crippen LogP) is 2.38. The standard InChI is InChI=1S/C8H5ClFNO3/c9-5-1-2-6(11-8(13)14)7(10)4(5)3-12/h1-3,11H,(H,13,14). The Hall–Kier alpha value is -1.62. The number of hydrogen-bond donors (Lipinski definition) is 2. The van der Waals surface area contributed by atoms with E-state index in [1.807, 2.05) is 0 Å². The molecule has 1 rings (SSSR count). The van der Waals surface area contributed by atoms with E-state index < -0.39 is 11.9 Å². The molecule has 0 aliphatic heterocycles. The predicted molar refractivity (Wildman–Crippen MR) is 48.4 cm³/mol. The molecule has 0 saturated carbocycles. The van der Waals surface area contributed by atoms with Crippen molar-refractivity contribution >= 4 is 29.7 Å². The zero-order valence-corrected chi connectivity index (χ0v) is 7.51. The minimum atomic E-state index is -1.41. The molecule has 1 aromatic carbocycles. The number of carbonyl (C=O) groups excluding carboxylic acids is 1. The van der Waals surface area contributed by atoms with Crippen molar-refractivity contribution in [2.24, 2.45) is 0 Å². The summed E-state index contributed by atoms with van der Waals surface area (Å²) in [5, 5.41) is 10.1. The van der Waals surface area contributed by atoms with Gasteiger partial charge >= 0.3 is 6.09 Å². The van der Waals surface area contributed by atoms with Crippen molar-refractivity contribution in [3.8, 4) is 0 Å². The van der Waals surface area contributed by atoms with Crippen LogP contribution in [0.25, 0.3) is 0 Å². The molecule has 0 radical (unpaired) electrons. The van der Waals surface area contributed by atoms with Crippen LogP contribution in [-0.4, -0.2) is 17.5 Å². The topological polar surface area (TPSA) is 66.4 Å². The molecule has 1 aromatic rings. The van der Waals surface area contributed by atoms with Crippen molar-refractivity contribution in [3.05, 3.63) is 28.5 Å². The molecule has 0 aliphatic rings. The average molecular weight is 218 g/mol. The van der Waals surface area contributed by atoms with Gasteiger partial charge in [-0.25, -0.2) is 9.18 Å². The molecule has 0 atom stereocenters. The molecule has 0 unspecified atom stereocenters. The number of carboxylic acid groups (broad SMARTS) is 1. The van der Waals surface area contributed by atoms with Crippen LogP contribution in [0.3, 0.4) is 0 Å². The Labute approximate surface area is 83.3 Å². The number of carbonyl (C=O) groups is 2. The summed E-state index contributed by atoms with van der Waals surface area (Å²) in [6.07, 6.45) is -1.19. The molecule has 2 N–H and O–H groups in total. The van der Waals surface area contributed by atoms with Crippen molar-refractivity contribution in [2.45, 2.75) is 0 Å². The Morgan fingerprint density at radius 3 is 2.71 bits per heavy atom. The lowest BCUT2D eigenvalue weighted by Gasteiger charge is -2.05. The van der Waals surface area contributed by atoms with Crippen LogP contribution in [0.1, 0.15) is 10.4 Å². The second-order valence-corrected chi connectivity index (χ2v) is 2.78. The summed E-state index contributed by atoms with van der Waals surface area (Å²) >= 11 is 5.49. The molecule has 14 heavy (non-hydrogen) atoms. The molecule has 1 amide bonds. The second-order valence-electron chi connectivity index (χ2n) is 2.37. The molecule has 4 nitrogen and oxygen atoms in total. The van der Waals surface area contributed by atoms with Gasteiger partial charge in [0, 0.05) is 0 Å². The van der Waals surface area contributed by atoms with Crippen LogP contribution in [0.15, 0.2) is 12.1 Å². The van der Waals surface area contributed by atoms with E-state index in [0.717, 1.165) is 6.07 Å². The van der Waals surface area contributed by atoms with Crippen LogP contribution >= 0.6 is 11.6 Å². The number of aldehydes is 1. The average Bonchev–Trinajstić information content (AvgIpc) is 2.10. The number of hydrogen-bond acceptors (Lipinski definition) is 2. The van der Waals surface area contributed by atoms with Gasteiger partial charge in [0.15, 0.2) is 12.1 Å². The Kier molecular flexibility index (Phi) is 3.03. The molecule has 6 heteroatoms. The van der Waals surface area contributed by atoms with Gasteiger partial charge in [0.25, 0.3) is 0 Å². The third-order valence-corrected chi connectivity index (χ3v) is 1.82. The number of benzene rings is 1. The SMILES string of the molecule is O=Cc1c(Cl)ccc(NC(=O)O)c1F.